The first-order chi connectivity index (χ1) is 9.97. The van der Waals surface area contributed by atoms with Crippen LogP contribution in [-0.4, -0.2) is 44.0 Å². The summed E-state index contributed by atoms with van der Waals surface area (Å²) in [6.07, 6.45) is 0.337. The van der Waals surface area contributed by atoms with Crippen molar-refractivity contribution in [3.8, 4) is 5.75 Å². The summed E-state index contributed by atoms with van der Waals surface area (Å²) in [5.74, 6) is 0.563. The maximum Gasteiger partial charge on any atom is 0.306 e. The standard InChI is InChI=1S/C16H23NO4/c1-5-21-15-7-6-13(12(2)18)10-14(15)11-17(3)9-8-16(19)20-4/h6-7,10H,5,8-9,11H2,1-4H3. The predicted octanol–water partition coefficient (Wildman–Crippen LogP) is 2.28. The van der Waals surface area contributed by atoms with Crippen molar-refractivity contribution in [2.45, 2.75) is 26.8 Å². The topological polar surface area (TPSA) is 55.8 Å². The minimum absolute atomic E-state index is 0.0245. The van der Waals surface area contributed by atoms with Gasteiger partial charge in [-0.2, -0.15) is 0 Å². The predicted molar refractivity (Wildman–Crippen MR) is 80.6 cm³/mol. The van der Waals surface area contributed by atoms with E-state index in [2.05, 4.69) is 4.74 Å². The monoisotopic (exact) mass is 293 g/mol. The van der Waals surface area contributed by atoms with Gasteiger partial charge in [0.1, 0.15) is 5.75 Å². The molecule has 0 saturated heterocycles. The van der Waals surface area contributed by atoms with E-state index < -0.39 is 0 Å². The molecule has 0 unspecified atom stereocenters. The Kier molecular flexibility index (Phi) is 6.88. The molecule has 0 atom stereocenters. The summed E-state index contributed by atoms with van der Waals surface area (Å²) in [6.45, 7) is 5.22. The number of esters is 1. The van der Waals surface area contributed by atoms with Gasteiger partial charge in [-0.25, -0.2) is 0 Å². The molecule has 21 heavy (non-hydrogen) atoms. The van der Waals surface area contributed by atoms with Crippen molar-refractivity contribution in [3.05, 3.63) is 29.3 Å². The highest BCUT2D eigenvalue weighted by molar-refractivity contribution is 5.94. The molecule has 1 aromatic carbocycles. The lowest BCUT2D eigenvalue weighted by Gasteiger charge is -2.19. The Hall–Kier alpha value is -1.88. The second kappa shape index (κ2) is 8.42. The zero-order valence-corrected chi connectivity index (χ0v) is 13.1. The average Bonchev–Trinajstić information content (AvgIpc) is 2.46. The number of methoxy groups -OCH3 is 1. The van der Waals surface area contributed by atoms with Crippen LogP contribution in [0.5, 0.6) is 5.75 Å². The van der Waals surface area contributed by atoms with Crippen LogP contribution >= 0.6 is 0 Å². The summed E-state index contributed by atoms with van der Waals surface area (Å²) in [5.41, 5.74) is 1.60. The SMILES string of the molecule is CCOc1ccc(C(C)=O)cc1CN(C)CCC(=O)OC. The van der Waals surface area contributed by atoms with Crippen molar-refractivity contribution in [1.82, 2.24) is 4.90 Å². The maximum atomic E-state index is 11.5. The average molecular weight is 293 g/mol. The molecule has 5 heteroatoms. The molecule has 1 rings (SSSR count). The van der Waals surface area contributed by atoms with Crippen LogP contribution in [-0.2, 0) is 16.1 Å². The smallest absolute Gasteiger partial charge is 0.306 e. The van der Waals surface area contributed by atoms with Gasteiger partial charge < -0.3 is 14.4 Å². The van der Waals surface area contributed by atoms with E-state index in [1.165, 1.54) is 7.11 Å². The van der Waals surface area contributed by atoms with Gasteiger partial charge in [0, 0.05) is 24.2 Å². The largest absolute Gasteiger partial charge is 0.494 e. The van der Waals surface area contributed by atoms with Crippen molar-refractivity contribution in [2.75, 3.05) is 27.3 Å². The van der Waals surface area contributed by atoms with E-state index in [0.717, 1.165) is 11.3 Å². The number of carbonyl (C=O) groups is 2. The summed E-state index contributed by atoms with van der Waals surface area (Å²) in [7, 11) is 3.30. The number of rotatable bonds is 8. The molecule has 116 valence electrons. The molecule has 0 aromatic heterocycles. The molecule has 0 aliphatic heterocycles. The third-order valence-corrected chi connectivity index (χ3v) is 3.13. The van der Waals surface area contributed by atoms with Gasteiger partial charge in [-0.15, -0.1) is 0 Å². The number of Topliss-reactive ketones (excluding diaryl/α,β-unsaturated/α-hetero) is 1. The highest BCUT2D eigenvalue weighted by Gasteiger charge is 2.11. The molecule has 0 heterocycles. The van der Waals surface area contributed by atoms with E-state index >= 15 is 0 Å². The first-order valence-corrected chi connectivity index (χ1v) is 7.00. The van der Waals surface area contributed by atoms with Crippen molar-refractivity contribution >= 4 is 11.8 Å². The molecule has 0 bridgehead atoms. The third kappa shape index (κ3) is 5.55. The molecule has 0 fully saturated rings. The van der Waals surface area contributed by atoms with Crippen LogP contribution in [0.4, 0.5) is 0 Å². The van der Waals surface area contributed by atoms with Crippen molar-refractivity contribution < 1.29 is 19.1 Å². The lowest BCUT2D eigenvalue weighted by Crippen LogP contribution is -2.22. The lowest BCUT2D eigenvalue weighted by molar-refractivity contribution is -0.140. The van der Waals surface area contributed by atoms with Crippen molar-refractivity contribution in [1.29, 1.82) is 0 Å². The summed E-state index contributed by atoms with van der Waals surface area (Å²) in [4.78, 5) is 24.7. The maximum absolute atomic E-state index is 11.5. The molecule has 0 saturated carbocycles. The van der Waals surface area contributed by atoms with Gasteiger partial charge in [-0.3, -0.25) is 9.59 Å². The minimum Gasteiger partial charge on any atom is -0.494 e. The van der Waals surface area contributed by atoms with Crippen LogP contribution in [0.25, 0.3) is 0 Å². The Balaban J connectivity index is 2.80. The Morgan fingerprint density at radius 1 is 1.29 bits per heavy atom. The Morgan fingerprint density at radius 3 is 2.57 bits per heavy atom. The van der Waals surface area contributed by atoms with Crippen LogP contribution in [0.2, 0.25) is 0 Å². The molecule has 0 radical (unpaired) electrons. The molecule has 0 spiro atoms. The number of benzene rings is 1. The highest BCUT2D eigenvalue weighted by atomic mass is 16.5. The van der Waals surface area contributed by atoms with Crippen LogP contribution in [0.3, 0.4) is 0 Å². The van der Waals surface area contributed by atoms with Crippen LogP contribution < -0.4 is 4.74 Å². The fourth-order valence-electron chi connectivity index (χ4n) is 1.97. The molecule has 0 aliphatic carbocycles. The number of nitrogens with zero attached hydrogens (tertiary/aromatic N) is 1. The summed E-state index contributed by atoms with van der Waals surface area (Å²) in [6, 6.07) is 5.44. The van der Waals surface area contributed by atoms with Gasteiger partial charge in [0.25, 0.3) is 0 Å². The Morgan fingerprint density at radius 2 is 2.00 bits per heavy atom. The van der Waals surface area contributed by atoms with Gasteiger partial charge in [-0.05, 0) is 39.1 Å². The van der Waals surface area contributed by atoms with Crippen molar-refractivity contribution in [3.63, 3.8) is 0 Å². The number of hydrogen-bond acceptors (Lipinski definition) is 5. The van der Waals surface area contributed by atoms with Crippen LogP contribution in [0.1, 0.15) is 36.2 Å². The summed E-state index contributed by atoms with van der Waals surface area (Å²) < 4.78 is 10.2. The first-order valence-electron chi connectivity index (χ1n) is 7.00. The summed E-state index contributed by atoms with van der Waals surface area (Å²) >= 11 is 0. The molecule has 0 amide bonds. The quantitative estimate of drug-likeness (QED) is 0.543. The zero-order valence-electron chi connectivity index (χ0n) is 13.1. The van der Waals surface area contributed by atoms with Gasteiger partial charge in [0.15, 0.2) is 5.78 Å². The second-order valence-electron chi connectivity index (χ2n) is 4.88. The van der Waals surface area contributed by atoms with Gasteiger partial charge in [-0.1, -0.05) is 0 Å². The first kappa shape index (κ1) is 17.2. The second-order valence-corrected chi connectivity index (χ2v) is 4.88. The Bertz CT molecular complexity index is 499. The number of hydrogen-bond donors (Lipinski definition) is 0. The molecule has 5 nitrogen and oxygen atoms in total. The van der Waals surface area contributed by atoms with E-state index in [0.29, 0.717) is 31.7 Å². The fourth-order valence-corrected chi connectivity index (χ4v) is 1.97. The van der Waals surface area contributed by atoms with E-state index in [1.807, 2.05) is 31.0 Å². The third-order valence-electron chi connectivity index (χ3n) is 3.13. The van der Waals surface area contributed by atoms with Gasteiger partial charge in [0.2, 0.25) is 0 Å². The molecule has 1 aromatic rings. The molecule has 0 aliphatic rings. The molecule has 0 N–H and O–H groups in total. The van der Waals surface area contributed by atoms with E-state index in [1.54, 1.807) is 13.0 Å². The zero-order chi connectivity index (χ0) is 15.8. The number of carbonyl (C=O) groups excluding carboxylic acids is 2. The normalized spacial score (nSPS) is 10.5. The molecular formula is C16H23NO4. The lowest BCUT2D eigenvalue weighted by atomic mass is 10.1. The van der Waals surface area contributed by atoms with Gasteiger partial charge in [0.05, 0.1) is 20.1 Å². The van der Waals surface area contributed by atoms with Gasteiger partial charge >= 0.3 is 5.97 Å². The van der Waals surface area contributed by atoms with Crippen LogP contribution in [0, 0.1) is 0 Å². The van der Waals surface area contributed by atoms with Crippen molar-refractivity contribution in [2.24, 2.45) is 0 Å². The van der Waals surface area contributed by atoms with E-state index in [-0.39, 0.29) is 11.8 Å². The highest BCUT2D eigenvalue weighted by Crippen LogP contribution is 2.22. The van der Waals surface area contributed by atoms with Crippen LogP contribution in [0.15, 0.2) is 18.2 Å². The number of ketones is 1. The fraction of sp³-hybridized carbons (Fsp3) is 0.500. The molecular weight excluding hydrogens is 270 g/mol. The summed E-state index contributed by atoms with van der Waals surface area (Å²) in [5, 5.41) is 0. The Labute approximate surface area is 125 Å². The van der Waals surface area contributed by atoms with E-state index in [4.69, 9.17) is 4.74 Å². The minimum atomic E-state index is -0.232. The van der Waals surface area contributed by atoms with E-state index in [9.17, 15) is 9.59 Å². The number of ether oxygens (including phenoxy) is 2.